The summed E-state index contributed by atoms with van der Waals surface area (Å²) in [5.41, 5.74) is 4.98. The van der Waals surface area contributed by atoms with Gasteiger partial charge < -0.3 is 11.1 Å². The highest BCUT2D eigenvalue weighted by atomic mass is 16.1. The second kappa shape index (κ2) is 4.34. The second-order valence-corrected chi connectivity index (χ2v) is 3.22. The maximum absolute atomic E-state index is 10.3. The van der Waals surface area contributed by atoms with Crippen LogP contribution in [-0.2, 0) is 4.79 Å². The van der Waals surface area contributed by atoms with Crippen molar-refractivity contribution < 1.29 is 4.79 Å². The van der Waals surface area contributed by atoms with E-state index in [0.29, 0.717) is 6.42 Å². The predicted octanol–water partition coefficient (Wildman–Crippen LogP) is 0.251. The van der Waals surface area contributed by atoms with E-state index in [1.807, 2.05) is 0 Å². The third kappa shape index (κ3) is 3.37. The average Bonchev–Trinajstić information content (AvgIpc) is 1.82. The van der Waals surface area contributed by atoms with Gasteiger partial charge >= 0.3 is 0 Å². The van der Waals surface area contributed by atoms with Gasteiger partial charge in [-0.25, -0.2) is 0 Å². The lowest BCUT2D eigenvalue weighted by Crippen LogP contribution is -2.29. The summed E-state index contributed by atoms with van der Waals surface area (Å²) in [6.07, 6.45) is 4.54. The Labute approximate surface area is 67.3 Å². The van der Waals surface area contributed by atoms with Crippen molar-refractivity contribution in [2.45, 2.75) is 25.7 Å². The molecule has 3 N–H and O–H groups in total. The molecule has 1 rings (SSSR count). The molecule has 0 aliphatic heterocycles. The lowest BCUT2D eigenvalue weighted by molar-refractivity contribution is -0.117. The lowest BCUT2D eigenvalue weighted by atomic mass is 9.85. The minimum atomic E-state index is -0.217. The van der Waals surface area contributed by atoms with E-state index in [1.165, 1.54) is 19.3 Å². The van der Waals surface area contributed by atoms with Crippen molar-refractivity contribution in [3.8, 4) is 0 Å². The Kier molecular flexibility index (Phi) is 3.36. The van der Waals surface area contributed by atoms with Crippen LogP contribution in [0.1, 0.15) is 25.7 Å². The number of amides is 1. The Morgan fingerprint density at radius 1 is 1.55 bits per heavy atom. The molecule has 0 aromatic heterocycles. The van der Waals surface area contributed by atoms with Gasteiger partial charge in [-0.2, -0.15) is 0 Å². The number of hydrogen-bond acceptors (Lipinski definition) is 2. The Morgan fingerprint density at radius 2 is 2.27 bits per heavy atom. The van der Waals surface area contributed by atoms with E-state index in [0.717, 1.165) is 19.0 Å². The molecular weight excluding hydrogens is 140 g/mol. The van der Waals surface area contributed by atoms with Crippen LogP contribution in [0.2, 0.25) is 0 Å². The molecule has 0 heterocycles. The summed E-state index contributed by atoms with van der Waals surface area (Å²) in [6, 6.07) is 0. The zero-order valence-electron chi connectivity index (χ0n) is 6.81. The van der Waals surface area contributed by atoms with E-state index in [9.17, 15) is 4.79 Å². The van der Waals surface area contributed by atoms with Gasteiger partial charge in [0.1, 0.15) is 0 Å². The highest BCUT2D eigenvalue weighted by Gasteiger charge is 2.15. The van der Waals surface area contributed by atoms with E-state index in [2.05, 4.69) is 5.32 Å². The second-order valence-electron chi connectivity index (χ2n) is 3.22. The molecule has 0 aromatic rings. The zero-order valence-corrected chi connectivity index (χ0v) is 6.81. The SMILES string of the molecule is NC(=O)CCNCC1CCC1. The van der Waals surface area contributed by atoms with E-state index < -0.39 is 0 Å². The van der Waals surface area contributed by atoms with Crippen molar-refractivity contribution in [3.05, 3.63) is 0 Å². The van der Waals surface area contributed by atoms with Gasteiger partial charge in [0, 0.05) is 13.0 Å². The molecule has 1 aliphatic carbocycles. The molecule has 0 bridgehead atoms. The zero-order chi connectivity index (χ0) is 8.10. The minimum absolute atomic E-state index is 0.217. The van der Waals surface area contributed by atoms with Gasteiger partial charge in [0.05, 0.1) is 0 Å². The van der Waals surface area contributed by atoms with E-state index in [1.54, 1.807) is 0 Å². The Morgan fingerprint density at radius 3 is 2.73 bits per heavy atom. The summed E-state index contributed by atoms with van der Waals surface area (Å²) in [7, 11) is 0. The third-order valence-electron chi connectivity index (χ3n) is 2.21. The van der Waals surface area contributed by atoms with Crippen LogP contribution in [0, 0.1) is 5.92 Å². The molecule has 1 saturated carbocycles. The first-order valence-electron chi connectivity index (χ1n) is 4.28. The quantitative estimate of drug-likeness (QED) is 0.561. The first-order valence-corrected chi connectivity index (χ1v) is 4.28. The molecule has 0 unspecified atom stereocenters. The number of hydrogen-bond donors (Lipinski definition) is 2. The first kappa shape index (κ1) is 8.53. The molecule has 11 heavy (non-hydrogen) atoms. The Bertz CT molecular complexity index is 132. The van der Waals surface area contributed by atoms with Crippen LogP contribution in [0.25, 0.3) is 0 Å². The fourth-order valence-corrected chi connectivity index (χ4v) is 1.21. The highest BCUT2D eigenvalue weighted by molar-refractivity contribution is 5.73. The number of carbonyl (C=O) groups excluding carboxylic acids is 1. The average molecular weight is 156 g/mol. The minimum Gasteiger partial charge on any atom is -0.370 e. The van der Waals surface area contributed by atoms with Crippen LogP contribution >= 0.6 is 0 Å². The molecule has 1 aliphatic rings. The van der Waals surface area contributed by atoms with Crippen molar-refractivity contribution in [2.24, 2.45) is 11.7 Å². The van der Waals surface area contributed by atoms with E-state index >= 15 is 0 Å². The van der Waals surface area contributed by atoms with Gasteiger partial charge in [-0.3, -0.25) is 4.79 Å². The molecule has 0 spiro atoms. The molecule has 3 nitrogen and oxygen atoms in total. The molecule has 3 heteroatoms. The van der Waals surface area contributed by atoms with Crippen LogP contribution in [0.15, 0.2) is 0 Å². The van der Waals surface area contributed by atoms with Gasteiger partial charge in [0.25, 0.3) is 0 Å². The van der Waals surface area contributed by atoms with Crippen molar-refractivity contribution in [3.63, 3.8) is 0 Å². The van der Waals surface area contributed by atoms with E-state index in [-0.39, 0.29) is 5.91 Å². The van der Waals surface area contributed by atoms with Crippen LogP contribution in [-0.4, -0.2) is 19.0 Å². The summed E-state index contributed by atoms with van der Waals surface area (Å²) in [4.78, 5) is 10.3. The number of rotatable bonds is 5. The smallest absolute Gasteiger partial charge is 0.218 e. The molecule has 1 amide bonds. The Hall–Kier alpha value is -0.570. The van der Waals surface area contributed by atoms with Gasteiger partial charge in [-0.1, -0.05) is 6.42 Å². The maximum atomic E-state index is 10.3. The van der Waals surface area contributed by atoms with Crippen molar-refractivity contribution >= 4 is 5.91 Å². The number of primary amides is 1. The van der Waals surface area contributed by atoms with Gasteiger partial charge in [0.2, 0.25) is 5.91 Å². The summed E-state index contributed by atoms with van der Waals surface area (Å²) in [5.74, 6) is 0.647. The fraction of sp³-hybridized carbons (Fsp3) is 0.875. The molecule has 1 fully saturated rings. The normalized spacial score (nSPS) is 17.8. The first-order chi connectivity index (χ1) is 5.29. The highest BCUT2D eigenvalue weighted by Crippen LogP contribution is 2.24. The van der Waals surface area contributed by atoms with Crippen LogP contribution in [0.4, 0.5) is 0 Å². The van der Waals surface area contributed by atoms with Crippen LogP contribution in [0.3, 0.4) is 0 Å². The van der Waals surface area contributed by atoms with Crippen LogP contribution in [0.5, 0.6) is 0 Å². The molecule has 0 saturated heterocycles. The molecule has 0 atom stereocenters. The maximum Gasteiger partial charge on any atom is 0.218 e. The summed E-state index contributed by atoms with van der Waals surface area (Å²) in [5, 5.41) is 3.22. The monoisotopic (exact) mass is 156 g/mol. The van der Waals surface area contributed by atoms with Crippen molar-refractivity contribution in [2.75, 3.05) is 13.1 Å². The molecule has 64 valence electrons. The summed E-state index contributed by atoms with van der Waals surface area (Å²) >= 11 is 0. The third-order valence-corrected chi connectivity index (χ3v) is 2.21. The molecular formula is C8H16N2O. The van der Waals surface area contributed by atoms with Gasteiger partial charge in [0.15, 0.2) is 0 Å². The summed E-state index contributed by atoms with van der Waals surface area (Å²) < 4.78 is 0. The number of carbonyl (C=O) groups is 1. The largest absolute Gasteiger partial charge is 0.370 e. The molecule has 0 aromatic carbocycles. The standard InChI is InChI=1S/C8H16N2O/c9-8(11)4-5-10-6-7-2-1-3-7/h7,10H,1-6H2,(H2,9,11). The number of nitrogens with two attached hydrogens (primary N) is 1. The van der Waals surface area contributed by atoms with Gasteiger partial charge in [-0.15, -0.1) is 0 Å². The Balaban J connectivity index is 1.83. The predicted molar refractivity (Wildman–Crippen MR) is 44.0 cm³/mol. The molecule has 0 radical (unpaired) electrons. The van der Waals surface area contributed by atoms with Crippen LogP contribution < -0.4 is 11.1 Å². The van der Waals surface area contributed by atoms with Crippen molar-refractivity contribution in [1.29, 1.82) is 0 Å². The van der Waals surface area contributed by atoms with Gasteiger partial charge in [-0.05, 0) is 25.3 Å². The summed E-state index contributed by atoms with van der Waals surface area (Å²) in [6.45, 7) is 1.80. The van der Waals surface area contributed by atoms with Crippen molar-refractivity contribution in [1.82, 2.24) is 5.32 Å². The number of nitrogens with one attached hydrogen (secondary N) is 1. The topological polar surface area (TPSA) is 55.1 Å². The van der Waals surface area contributed by atoms with E-state index in [4.69, 9.17) is 5.73 Å². The lowest BCUT2D eigenvalue weighted by Gasteiger charge is -2.25. The fourth-order valence-electron chi connectivity index (χ4n) is 1.21.